The average molecular weight is 212 g/mol. The van der Waals surface area contributed by atoms with E-state index in [-0.39, 0.29) is 0 Å². The maximum absolute atomic E-state index is 5.14. The van der Waals surface area contributed by atoms with E-state index in [2.05, 4.69) is 24.2 Å². The third kappa shape index (κ3) is 2.35. The Labute approximate surface area is 93.1 Å². The summed E-state index contributed by atoms with van der Waals surface area (Å²) < 4.78 is 0. The number of hydrogen-bond acceptors (Lipinski definition) is 3. The summed E-state index contributed by atoms with van der Waals surface area (Å²) in [5.74, 6) is 1.58. The van der Waals surface area contributed by atoms with E-state index in [1.807, 2.05) is 0 Å². The van der Waals surface area contributed by atoms with Crippen LogP contribution in [-0.2, 0) is 4.84 Å². The SMILES string of the molecule is CONC1C2CCCC1CN(C(C)C)C2. The van der Waals surface area contributed by atoms with Crippen LogP contribution in [0.4, 0.5) is 0 Å². The zero-order valence-corrected chi connectivity index (χ0v) is 10.2. The Morgan fingerprint density at radius 3 is 2.27 bits per heavy atom. The lowest BCUT2D eigenvalue weighted by molar-refractivity contribution is -0.0457. The van der Waals surface area contributed by atoms with Crippen LogP contribution in [0.1, 0.15) is 33.1 Å². The number of hydrogen-bond donors (Lipinski definition) is 1. The van der Waals surface area contributed by atoms with E-state index in [4.69, 9.17) is 4.84 Å². The van der Waals surface area contributed by atoms with Gasteiger partial charge in [0, 0.05) is 25.2 Å². The van der Waals surface area contributed by atoms with Gasteiger partial charge >= 0.3 is 0 Å². The first-order valence-corrected chi connectivity index (χ1v) is 6.25. The van der Waals surface area contributed by atoms with Crippen LogP contribution in [0, 0.1) is 11.8 Å². The van der Waals surface area contributed by atoms with E-state index in [0.29, 0.717) is 12.1 Å². The molecular weight excluding hydrogens is 188 g/mol. The molecule has 15 heavy (non-hydrogen) atoms. The van der Waals surface area contributed by atoms with Gasteiger partial charge in [-0.05, 0) is 38.5 Å². The summed E-state index contributed by atoms with van der Waals surface area (Å²) in [6.07, 6.45) is 4.13. The fourth-order valence-corrected chi connectivity index (χ4v) is 3.22. The molecule has 2 unspecified atom stereocenters. The van der Waals surface area contributed by atoms with Crippen LogP contribution in [-0.4, -0.2) is 37.2 Å². The Morgan fingerprint density at radius 2 is 1.80 bits per heavy atom. The molecule has 0 aromatic carbocycles. The standard InChI is InChI=1S/C12H24N2O/c1-9(2)14-7-10-5-4-6-11(8-14)12(10)13-15-3/h9-13H,4-8H2,1-3H3. The van der Waals surface area contributed by atoms with Gasteiger partial charge in [-0.25, -0.2) is 0 Å². The second-order valence-corrected chi connectivity index (χ2v) is 5.35. The molecule has 0 radical (unpaired) electrons. The largest absolute Gasteiger partial charge is 0.305 e. The minimum absolute atomic E-state index is 0.596. The van der Waals surface area contributed by atoms with Crippen molar-refractivity contribution in [3.05, 3.63) is 0 Å². The molecule has 88 valence electrons. The fraction of sp³-hybridized carbons (Fsp3) is 1.00. The van der Waals surface area contributed by atoms with Crippen LogP contribution in [0.25, 0.3) is 0 Å². The molecule has 0 aromatic heterocycles. The van der Waals surface area contributed by atoms with E-state index in [1.165, 1.54) is 32.4 Å². The van der Waals surface area contributed by atoms with Crippen LogP contribution < -0.4 is 5.48 Å². The van der Waals surface area contributed by atoms with Gasteiger partial charge in [0.25, 0.3) is 0 Å². The monoisotopic (exact) mass is 212 g/mol. The lowest BCUT2D eigenvalue weighted by atomic mass is 9.73. The number of likely N-dealkylation sites (tertiary alicyclic amines) is 1. The lowest BCUT2D eigenvalue weighted by Gasteiger charge is -2.48. The molecule has 1 saturated carbocycles. The first-order chi connectivity index (χ1) is 7.22. The number of piperidine rings is 1. The Balaban J connectivity index is 2.01. The van der Waals surface area contributed by atoms with Gasteiger partial charge in [0.2, 0.25) is 0 Å². The number of fused-ring (bicyclic) bond motifs is 2. The quantitative estimate of drug-likeness (QED) is 0.720. The van der Waals surface area contributed by atoms with Gasteiger partial charge in [-0.15, -0.1) is 0 Å². The van der Waals surface area contributed by atoms with Crippen molar-refractivity contribution in [3.63, 3.8) is 0 Å². The van der Waals surface area contributed by atoms with Gasteiger partial charge in [-0.1, -0.05) is 6.42 Å². The van der Waals surface area contributed by atoms with Crippen LogP contribution in [0.5, 0.6) is 0 Å². The number of nitrogens with one attached hydrogen (secondary N) is 1. The molecule has 3 heteroatoms. The fourth-order valence-electron chi connectivity index (χ4n) is 3.22. The Bertz CT molecular complexity index is 194. The molecule has 0 amide bonds. The van der Waals surface area contributed by atoms with Gasteiger partial charge in [-0.2, -0.15) is 5.48 Å². The number of nitrogens with zero attached hydrogens (tertiary/aromatic N) is 1. The third-order valence-electron chi connectivity index (χ3n) is 4.09. The molecule has 3 nitrogen and oxygen atoms in total. The Morgan fingerprint density at radius 1 is 1.20 bits per heavy atom. The van der Waals surface area contributed by atoms with Crippen molar-refractivity contribution >= 4 is 0 Å². The third-order valence-corrected chi connectivity index (χ3v) is 4.09. The summed E-state index contributed by atoms with van der Waals surface area (Å²) in [7, 11) is 1.74. The van der Waals surface area contributed by atoms with E-state index in [1.54, 1.807) is 7.11 Å². The number of rotatable bonds is 3. The Kier molecular flexibility index (Phi) is 3.65. The maximum Gasteiger partial charge on any atom is 0.0572 e. The summed E-state index contributed by atoms with van der Waals surface area (Å²) in [6.45, 7) is 7.10. The summed E-state index contributed by atoms with van der Waals surface area (Å²) in [5, 5.41) is 0. The van der Waals surface area contributed by atoms with E-state index < -0.39 is 0 Å². The first-order valence-electron chi connectivity index (χ1n) is 6.25. The van der Waals surface area contributed by atoms with Gasteiger partial charge in [0.15, 0.2) is 0 Å². The van der Waals surface area contributed by atoms with Crippen LogP contribution in [0.2, 0.25) is 0 Å². The van der Waals surface area contributed by atoms with Gasteiger partial charge < -0.3 is 9.74 Å². The zero-order chi connectivity index (χ0) is 10.8. The molecule has 0 aromatic rings. The van der Waals surface area contributed by atoms with Crippen LogP contribution in [0.15, 0.2) is 0 Å². The van der Waals surface area contributed by atoms with Gasteiger partial charge in [0.1, 0.15) is 0 Å². The molecule has 2 fully saturated rings. The molecule has 1 N–H and O–H groups in total. The highest BCUT2D eigenvalue weighted by atomic mass is 16.6. The van der Waals surface area contributed by atoms with E-state index in [9.17, 15) is 0 Å². The summed E-state index contributed by atoms with van der Waals surface area (Å²) in [5.41, 5.74) is 3.22. The van der Waals surface area contributed by atoms with Crippen LogP contribution in [0.3, 0.4) is 0 Å². The van der Waals surface area contributed by atoms with Gasteiger partial charge in [0.05, 0.1) is 7.11 Å². The van der Waals surface area contributed by atoms with Crippen molar-refractivity contribution in [2.24, 2.45) is 11.8 Å². The molecule has 2 rings (SSSR count). The smallest absolute Gasteiger partial charge is 0.0572 e. The lowest BCUT2D eigenvalue weighted by Crippen LogP contribution is -2.58. The minimum Gasteiger partial charge on any atom is -0.305 e. The van der Waals surface area contributed by atoms with Crippen molar-refractivity contribution in [3.8, 4) is 0 Å². The second kappa shape index (κ2) is 4.81. The zero-order valence-electron chi connectivity index (χ0n) is 10.2. The summed E-state index contributed by atoms with van der Waals surface area (Å²) in [6, 6.07) is 1.29. The first kappa shape index (κ1) is 11.4. The summed E-state index contributed by atoms with van der Waals surface area (Å²) >= 11 is 0. The molecule has 1 saturated heterocycles. The normalized spacial score (nSPS) is 37.2. The van der Waals surface area contributed by atoms with E-state index >= 15 is 0 Å². The molecular formula is C12H24N2O. The predicted molar refractivity (Wildman–Crippen MR) is 61.5 cm³/mol. The van der Waals surface area contributed by atoms with Crippen molar-refractivity contribution < 1.29 is 4.84 Å². The molecule has 1 aliphatic carbocycles. The average Bonchev–Trinajstić information content (AvgIpc) is 2.17. The highest BCUT2D eigenvalue weighted by Crippen LogP contribution is 2.35. The Hall–Kier alpha value is -0.120. The second-order valence-electron chi connectivity index (χ2n) is 5.35. The van der Waals surface area contributed by atoms with Crippen molar-refractivity contribution in [2.45, 2.75) is 45.2 Å². The van der Waals surface area contributed by atoms with Crippen molar-refractivity contribution in [1.82, 2.24) is 10.4 Å². The topological polar surface area (TPSA) is 24.5 Å². The van der Waals surface area contributed by atoms with Crippen molar-refractivity contribution in [2.75, 3.05) is 20.2 Å². The molecule has 2 atom stereocenters. The van der Waals surface area contributed by atoms with Gasteiger partial charge in [-0.3, -0.25) is 0 Å². The van der Waals surface area contributed by atoms with Crippen LogP contribution >= 0.6 is 0 Å². The molecule has 0 spiro atoms. The molecule has 2 aliphatic rings. The predicted octanol–water partition coefficient (Wildman–Crippen LogP) is 1.65. The highest BCUT2D eigenvalue weighted by Gasteiger charge is 2.39. The van der Waals surface area contributed by atoms with Crippen molar-refractivity contribution in [1.29, 1.82) is 0 Å². The summed E-state index contributed by atoms with van der Waals surface area (Å²) in [4.78, 5) is 7.77. The molecule has 2 bridgehead atoms. The molecule has 1 aliphatic heterocycles. The molecule has 1 heterocycles. The van der Waals surface area contributed by atoms with E-state index in [0.717, 1.165) is 11.8 Å². The highest BCUT2D eigenvalue weighted by molar-refractivity contribution is 4.94. The minimum atomic E-state index is 0.596. The maximum atomic E-state index is 5.14. The number of hydroxylamine groups is 1.